The molecule has 5 N–H and O–H groups in total. The highest BCUT2D eigenvalue weighted by molar-refractivity contribution is 5.61. The Morgan fingerprint density at radius 1 is 1.28 bits per heavy atom. The lowest BCUT2D eigenvalue weighted by atomic mass is 10.1. The number of nitrogens with two attached hydrogens (primary N) is 1. The van der Waals surface area contributed by atoms with Crippen LogP contribution in [0.15, 0.2) is 24.3 Å². The molecule has 3 unspecified atom stereocenters. The molecule has 3 fully saturated rings. The Bertz CT molecular complexity index is 970. The molecule has 1 aliphatic carbocycles. The van der Waals surface area contributed by atoms with Crippen LogP contribution in [0.2, 0.25) is 0 Å². The average molecular weight is 440 g/mol. The zero-order valence-corrected chi connectivity index (χ0v) is 18.8. The van der Waals surface area contributed by atoms with E-state index in [4.69, 9.17) is 15.7 Å². The summed E-state index contributed by atoms with van der Waals surface area (Å²) in [6, 6.07) is 5.16. The lowest BCUT2D eigenvalue weighted by molar-refractivity contribution is 0.0627. The Labute approximate surface area is 188 Å². The number of hydrogen-bond acceptors (Lipinski definition) is 9. The van der Waals surface area contributed by atoms with Crippen LogP contribution in [-0.2, 0) is 4.84 Å². The molecule has 2 aliphatic heterocycles. The molecule has 2 bridgehead atoms. The minimum Gasteiger partial charge on any atom is -0.351 e. The molecule has 10 heteroatoms. The molecule has 2 saturated heterocycles. The molecule has 3 aliphatic rings. The zero-order valence-electron chi connectivity index (χ0n) is 18.8. The van der Waals surface area contributed by atoms with Crippen molar-refractivity contribution in [2.24, 2.45) is 5.90 Å². The van der Waals surface area contributed by atoms with Crippen molar-refractivity contribution >= 4 is 23.4 Å². The van der Waals surface area contributed by atoms with E-state index in [1.54, 1.807) is 0 Å². The van der Waals surface area contributed by atoms with E-state index in [1.165, 1.54) is 25.0 Å². The normalized spacial score (nSPS) is 23.5. The highest BCUT2D eigenvalue weighted by Gasteiger charge is 2.42. The van der Waals surface area contributed by atoms with Crippen LogP contribution in [0.25, 0.3) is 0 Å². The second-order valence-corrected chi connectivity index (χ2v) is 9.48. The minimum absolute atomic E-state index is 0.194. The number of piperazine rings is 1. The topological polar surface area (TPSA) is 120 Å². The molecule has 5 rings (SSSR count). The van der Waals surface area contributed by atoms with Gasteiger partial charge in [0.25, 0.3) is 0 Å². The zero-order chi connectivity index (χ0) is 22.2. The van der Waals surface area contributed by atoms with Gasteiger partial charge in [-0.3, -0.25) is 14.8 Å². The molecule has 3 atom stereocenters. The highest BCUT2D eigenvalue weighted by Crippen LogP contribution is 2.40. The summed E-state index contributed by atoms with van der Waals surface area (Å²) in [5.74, 6) is 9.05. The molecule has 4 heterocycles. The van der Waals surface area contributed by atoms with Gasteiger partial charge in [0.1, 0.15) is 11.6 Å². The fourth-order valence-electron chi connectivity index (χ4n) is 4.77. The largest absolute Gasteiger partial charge is 0.351 e. The van der Waals surface area contributed by atoms with Crippen LogP contribution in [0.4, 0.5) is 23.4 Å². The molecule has 0 amide bonds. The molecule has 0 spiro atoms. The van der Waals surface area contributed by atoms with Gasteiger partial charge < -0.3 is 15.5 Å². The van der Waals surface area contributed by atoms with E-state index in [0.717, 1.165) is 30.3 Å². The van der Waals surface area contributed by atoms with Crippen LogP contribution in [-0.4, -0.2) is 69.9 Å². The maximum Gasteiger partial charge on any atom is 0.226 e. The van der Waals surface area contributed by atoms with Gasteiger partial charge in [0.2, 0.25) is 5.95 Å². The number of likely N-dealkylation sites (tertiary alicyclic amines) is 1. The molecular weight excluding hydrogens is 406 g/mol. The third-order valence-electron chi connectivity index (χ3n) is 6.65. The van der Waals surface area contributed by atoms with Gasteiger partial charge in [0.15, 0.2) is 5.82 Å². The van der Waals surface area contributed by atoms with Crippen molar-refractivity contribution in [3.8, 4) is 0 Å². The molecule has 32 heavy (non-hydrogen) atoms. The van der Waals surface area contributed by atoms with Crippen LogP contribution in [0.5, 0.6) is 0 Å². The Hall–Kier alpha value is -2.69. The van der Waals surface area contributed by atoms with Crippen LogP contribution >= 0.6 is 0 Å². The average Bonchev–Trinajstić information content (AvgIpc) is 3.20. The van der Waals surface area contributed by atoms with Crippen LogP contribution in [0.3, 0.4) is 0 Å². The van der Waals surface area contributed by atoms with Crippen molar-refractivity contribution in [1.29, 1.82) is 0 Å². The van der Waals surface area contributed by atoms with E-state index < -0.39 is 0 Å². The summed E-state index contributed by atoms with van der Waals surface area (Å²) < 4.78 is 0. The molecule has 0 aromatic carbocycles. The number of nitrogens with one attached hydrogen (secondary N) is 3. The number of aromatic amines is 1. The van der Waals surface area contributed by atoms with E-state index >= 15 is 0 Å². The van der Waals surface area contributed by atoms with Gasteiger partial charge in [0.05, 0.1) is 6.10 Å². The maximum atomic E-state index is 5.47. The van der Waals surface area contributed by atoms with Crippen molar-refractivity contribution < 1.29 is 4.84 Å². The molecule has 2 aromatic heterocycles. The summed E-state index contributed by atoms with van der Waals surface area (Å²) >= 11 is 0. The Morgan fingerprint density at radius 2 is 2.12 bits per heavy atom. The number of rotatable bonds is 10. The van der Waals surface area contributed by atoms with E-state index in [0.29, 0.717) is 42.7 Å². The number of nitrogens with zero attached hydrogens (tertiary/aromatic N) is 5. The van der Waals surface area contributed by atoms with Crippen molar-refractivity contribution in [3.05, 3.63) is 30.0 Å². The van der Waals surface area contributed by atoms with Crippen molar-refractivity contribution in [3.63, 3.8) is 0 Å². The summed E-state index contributed by atoms with van der Waals surface area (Å²) in [7, 11) is 2.20. The van der Waals surface area contributed by atoms with Gasteiger partial charge in [-0.15, -0.1) is 6.58 Å². The standard InChI is InChI=1S/C22H33N9O/c1-13(2)6-17(32-23)10-24-22-26-19(25-20-8-18(28-29-20)14-4-5-14)9-21(27-22)31-12-15-7-16(31)11-30(15)3/h8-9,14-17H,1,4-7,10-12,23H2,2-3H3,(H3,24,25,26,27,28,29). The first-order valence-electron chi connectivity index (χ1n) is 11.4. The quantitative estimate of drug-likeness (QED) is 0.326. The molecule has 0 radical (unpaired) electrons. The first kappa shape index (κ1) is 21.2. The monoisotopic (exact) mass is 439 g/mol. The summed E-state index contributed by atoms with van der Waals surface area (Å²) in [6.07, 6.45) is 4.12. The van der Waals surface area contributed by atoms with Crippen molar-refractivity contribution in [1.82, 2.24) is 25.1 Å². The van der Waals surface area contributed by atoms with Gasteiger partial charge in [-0.25, -0.2) is 5.90 Å². The molecule has 1 saturated carbocycles. The Morgan fingerprint density at radius 3 is 2.78 bits per heavy atom. The Balaban J connectivity index is 1.36. The smallest absolute Gasteiger partial charge is 0.226 e. The summed E-state index contributed by atoms with van der Waals surface area (Å²) in [6.45, 7) is 8.45. The first-order chi connectivity index (χ1) is 15.5. The fourth-order valence-corrected chi connectivity index (χ4v) is 4.77. The van der Waals surface area contributed by atoms with E-state index in [1.807, 2.05) is 13.0 Å². The minimum atomic E-state index is -0.194. The van der Waals surface area contributed by atoms with Crippen molar-refractivity contribution in [2.45, 2.75) is 56.7 Å². The van der Waals surface area contributed by atoms with Crippen LogP contribution < -0.4 is 21.4 Å². The summed E-state index contributed by atoms with van der Waals surface area (Å²) in [5.41, 5.74) is 2.20. The predicted molar refractivity (Wildman–Crippen MR) is 125 cm³/mol. The number of aromatic nitrogens is 4. The van der Waals surface area contributed by atoms with Gasteiger partial charge in [-0.2, -0.15) is 15.1 Å². The third-order valence-corrected chi connectivity index (χ3v) is 6.65. The van der Waals surface area contributed by atoms with Gasteiger partial charge in [-0.05, 0) is 39.7 Å². The van der Waals surface area contributed by atoms with Crippen LogP contribution in [0.1, 0.15) is 44.2 Å². The number of anilines is 4. The van der Waals surface area contributed by atoms with Crippen molar-refractivity contribution in [2.75, 3.05) is 42.2 Å². The number of likely N-dealkylation sites (N-methyl/N-ethyl adjacent to an activating group) is 1. The summed E-state index contributed by atoms with van der Waals surface area (Å²) in [5, 5.41) is 14.2. The fraction of sp³-hybridized carbons (Fsp3) is 0.591. The van der Waals surface area contributed by atoms with Gasteiger partial charge >= 0.3 is 0 Å². The predicted octanol–water partition coefficient (Wildman–Crippen LogP) is 2.35. The highest BCUT2D eigenvalue weighted by atomic mass is 16.6. The van der Waals surface area contributed by atoms with Crippen LogP contribution in [0, 0.1) is 0 Å². The van der Waals surface area contributed by atoms with Gasteiger partial charge in [0, 0.05) is 55.5 Å². The lowest BCUT2D eigenvalue weighted by Crippen LogP contribution is -2.45. The molecule has 2 aromatic rings. The third kappa shape index (κ3) is 4.57. The molecule has 172 valence electrons. The Kier molecular flexibility index (Phi) is 5.75. The maximum absolute atomic E-state index is 5.47. The molecule has 10 nitrogen and oxygen atoms in total. The molecular formula is C22H33N9O. The second kappa shape index (κ2) is 8.68. The second-order valence-electron chi connectivity index (χ2n) is 9.48. The number of hydrogen-bond donors (Lipinski definition) is 4. The number of fused-ring (bicyclic) bond motifs is 2. The summed E-state index contributed by atoms with van der Waals surface area (Å²) in [4.78, 5) is 19.4. The van der Waals surface area contributed by atoms with E-state index in [-0.39, 0.29) is 6.10 Å². The SMILES string of the molecule is C=C(C)CC(CNc1nc(Nc2cc(C3CC3)[nH]n2)cc(N2CC3CC2CN3C)n1)ON. The van der Waals surface area contributed by atoms with Gasteiger partial charge in [-0.1, -0.05) is 5.57 Å². The van der Waals surface area contributed by atoms with E-state index in [2.05, 4.69) is 55.3 Å². The van der Waals surface area contributed by atoms with E-state index in [9.17, 15) is 0 Å². The number of H-pyrrole nitrogens is 1. The first-order valence-corrected chi connectivity index (χ1v) is 11.4. The lowest BCUT2D eigenvalue weighted by Gasteiger charge is -2.33.